The highest BCUT2D eigenvalue weighted by Gasteiger charge is 2.20. The summed E-state index contributed by atoms with van der Waals surface area (Å²) in [5.41, 5.74) is 2.86. The standard InChI is InChI=1S/C26H24F2N2O4/c1-33-21-11-8-18(9-12-21)22-15-20(10-13-23(22)34-26(27)28)29-25(32)19-6-4-17(5-7-19)16-30-14-2-3-24(30)31/h4-13,15,26H,2-3,14,16H2,1H3,(H,29,32). The zero-order valence-corrected chi connectivity index (χ0v) is 18.6. The fourth-order valence-corrected chi connectivity index (χ4v) is 3.86. The first-order valence-electron chi connectivity index (χ1n) is 10.8. The van der Waals surface area contributed by atoms with E-state index < -0.39 is 6.61 Å². The van der Waals surface area contributed by atoms with Crippen molar-refractivity contribution in [1.82, 2.24) is 4.90 Å². The van der Waals surface area contributed by atoms with Gasteiger partial charge in [0.25, 0.3) is 5.91 Å². The van der Waals surface area contributed by atoms with E-state index in [1.54, 1.807) is 47.4 Å². The summed E-state index contributed by atoms with van der Waals surface area (Å²) < 4.78 is 35.6. The number of rotatable bonds is 8. The van der Waals surface area contributed by atoms with Gasteiger partial charge in [-0.25, -0.2) is 0 Å². The van der Waals surface area contributed by atoms with Gasteiger partial charge in [0.05, 0.1) is 7.11 Å². The minimum absolute atomic E-state index is 0.000946. The third-order valence-corrected chi connectivity index (χ3v) is 5.62. The minimum Gasteiger partial charge on any atom is -0.497 e. The molecule has 0 bridgehead atoms. The van der Waals surface area contributed by atoms with Crippen molar-refractivity contribution in [3.8, 4) is 22.6 Å². The third kappa shape index (κ3) is 5.51. The first-order chi connectivity index (χ1) is 16.4. The molecule has 3 aromatic carbocycles. The Morgan fingerprint density at radius 2 is 1.79 bits per heavy atom. The van der Waals surface area contributed by atoms with E-state index in [1.165, 1.54) is 19.2 Å². The molecule has 1 aliphatic heterocycles. The topological polar surface area (TPSA) is 67.9 Å². The average Bonchev–Trinajstić information content (AvgIpc) is 3.24. The van der Waals surface area contributed by atoms with E-state index in [9.17, 15) is 18.4 Å². The second-order valence-corrected chi connectivity index (χ2v) is 7.89. The first-order valence-corrected chi connectivity index (χ1v) is 10.8. The van der Waals surface area contributed by atoms with Crippen molar-refractivity contribution in [2.24, 2.45) is 0 Å². The number of nitrogens with zero attached hydrogens (tertiary/aromatic N) is 1. The lowest BCUT2D eigenvalue weighted by atomic mass is 10.0. The van der Waals surface area contributed by atoms with E-state index in [-0.39, 0.29) is 17.6 Å². The predicted molar refractivity (Wildman–Crippen MR) is 124 cm³/mol. The van der Waals surface area contributed by atoms with Crippen LogP contribution < -0.4 is 14.8 Å². The molecule has 34 heavy (non-hydrogen) atoms. The van der Waals surface area contributed by atoms with Crippen LogP contribution in [0.3, 0.4) is 0 Å². The van der Waals surface area contributed by atoms with Crippen molar-refractivity contribution in [2.45, 2.75) is 26.0 Å². The van der Waals surface area contributed by atoms with Crippen LogP contribution in [0.5, 0.6) is 11.5 Å². The lowest BCUT2D eigenvalue weighted by Crippen LogP contribution is -2.23. The highest BCUT2D eigenvalue weighted by molar-refractivity contribution is 6.04. The van der Waals surface area contributed by atoms with Crippen molar-refractivity contribution in [3.63, 3.8) is 0 Å². The molecule has 176 valence electrons. The number of carbonyl (C=O) groups is 2. The minimum atomic E-state index is -2.98. The molecule has 0 aliphatic carbocycles. The molecular formula is C26H24F2N2O4. The Balaban J connectivity index is 1.51. The van der Waals surface area contributed by atoms with E-state index in [0.29, 0.717) is 41.1 Å². The van der Waals surface area contributed by atoms with Crippen LogP contribution in [-0.2, 0) is 11.3 Å². The van der Waals surface area contributed by atoms with Crippen LogP contribution in [0.25, 0.3) is 11.1 Å². The zero-order valence-electron chi connectivity index (χ0n) is 18.6. The van der Waals surface area contributed by atoms with E-state index >= 15 is 0 Å². The van der Waals surface area contributed by atoms with Gasteiger partial charge in [-0.05, 0) is 60.0 Å². The van der Waals surface area contributed by atoms with E-state index in [1.807, 2.05) is 12.1 Å². The average molecular weight is 466 g/mol. The summed E-state index contributed by atoms with van der Waals surface area (Å²) >= 11 is 0. The summed E-state index contributed by atoms with van der Waals surface area (Å²) in [5.74, 6) is 0.432. The van der Waals surface area contributed by atoms with Crippen molar-refractivity contribution < 1.29 is 27.8 Å². The van der Waals surface area contributed by atoms with Crippen LogP contribution in [-0.4, -0.2) is 37.0 Å². The summed E-state index contributed by atoms with van der Waals surface area (Å²) in [6, 6.07) is 18.4. The zero-order chi connectivity index (χ0) is 24.1. The number of hydrogen-bond acceptors (Lipinski definition) is 4. The summed E-state index contributed by atoms with van der Waals surface area (Å²) in [4.78, 5) is 26.4. The van der Waals surface area contributed by atoms with E-state index in [2.05, 4.69) is 10.1 Å². The molecular weight excluding hydrogens is 442 g/mol. The maximum atomic E-state index is 12.9. The van der Waals surface area contributed by atoms with Gasteiger partial charge in [0, 0.05) is 36.3 Å². The number of carbonyl (C=O) groups excluding carboxylic acids is 2. The fraction of sp³-hybridized carbons (Fsp3) is 0.231. The normalized spacial score (nSPS) is 13.3. The van der Waals surface area contributed by atoms with Crippen molar-refractivity contribution in [1.29, 1.82) is 0 Å². The lowest BCUT2D eigenvalue weighted by molar-refractivity contribution is -0.128. The largest absolute Gasteiger partial charge is 0.497 e. The Morgan fingerprint density at radius 1 is 1.06 bits per heavy atom. The number of alkyl halides is 2. The van der Waals surface area contributed by atoms with Crippen molar-refractivity contribution in [2.75, 3.05) is 19.0 Å². The highest BCUT2D eigenvalue weighted by Crippen LogP contribution is 2.34. The maximum absolute atomic E-state index is 12.9. The first kappa shape index (κ1) is 23.2. The van der Waals surface area contributed by atoms with Gasteiger partial charge in [-0.1, -0.05) is 24.3 Å². The SMILES string of the molecule is COc1ccc(-c2cc(NC(=O)c3ccc(CN4CCCC4=O)cc3)ccc2OC(F)F)cc1. The maximum Gasteiger partial charge on any atom is 0.387 e. The number of ether oxygens (including phenoxy) is 2. The fourth-order valence-electron chi connectivity index (χ4n) is 3.86. The van der Waals surface area contributed by atoms with Gasteiger partial charge in [-0.15, -0.1) is 0 Å². The molecule has 0 aromatic heterocycles. The molecule has 1 aliphatic rings. The molecule has 1 heterocycles. The number of halogens is 2. The summed E-state index contributed by atoms with van der Waals surface area (Å²) in [7, 11) is 1.54. The number of likely N-dealkylation sites (tertiary alicyclic amines) is 1. The molecule has 4 rings (SSSR count). The summed E-state index contributed by atoms with van der Waals surface area (Å²) in [5, 5.41) is 2.80. The van der Waals surface area contributed by atoms with Gasteiger partial charge in [-0.2, -0.15) is 8.78 Å². The molecule has 1 fully saturated rings. The number of benzene rings is 3. The molecule has 1 N–H and O–H groups in total. The molecule has 0 radical (unpaired) electrons. The Kier molecular flexibility index (Phi) is 7.06. The van der Waals surface area contributed by atoms with Crippen LogP contribution in [0, 0.1) is 0 Å². The monoisotopic (exact) mass is 466 g/mol. The highest BCUT2D eigenvalue weighted by atomic mass is 19.3. The smallest absolute Gasteiger partial charge is 0.387 e. The Labute approximate surface area is 196 Å². The number of methoxy groups -OCH3 is 1. The van der Waals surface area contributed by atoms with Gasteiger partial charge >= 0.3 is 6.61 Å². The van der Waals surface area contributed by atoms with E-state index in [4.69, 9.17) is 4.74 Å². The van der Waals surface area contributed by atoms with Crippen LogP contribution in [0.4, 0.5) is 14.5 Å². The molecule has 2 amide bonds. The molecule has 0 spiro atoms. The Hall–Kier alpha value is -3.94. The predicted octanol–water partition coefficient (Wildman–Crippen LogP) is 5.34. The third-order valence-electron chi connectivity index (χ3n) is 5.62. The van der Waals surface area contributed by atoms with E-state index in [0.717, 1.165) is 18.5 Å². The van der Waals surface area contributed by atoms with Gasteiger partial charge in [0.15, 0.2) is 0 Å². The Morgan fingerprint density at radius 3 is 2.41 bits per heavy atom. The molecule has 0 atom stereocenters. The van der Waals surface area contributed by atoms with Crippen LogP contribution in [0.15, 0.2) is 66.7 Å². The quantitative estimate of drug-likeness (QED) is 0.487. The summed E-state index contributed by atoms with van der Waals surface area (Å²) in [6.07, 6.45) is 1.46. The second kappa shape index (κ2) is 10.3. The van der Waals surface area contributed by atoms with Crippen LogP contribution in [0.2, 0.25) is 0 Å². The second-order valence-electron chi connectivity index (χ2n) is 7.89. The van der Waals surface area contributed by atoms with Gasteiger partial charge in [0.2, 0.25) is 5.91 Å². The van der Waals surface area contributed by atoms with Crippen molar-refractivity contribution in [3.05, 3.63) is 77.9 Å². The number of amides is 2. The Bertz CT molecular complexity index is 1160. The molecule has 8 heteroatoms. The van der Waals surface area contributed by atoms with Crippen molar-refractivity contribution >= 4 is 17.5 Å². The number of hydrogen-bond donors (Lipinski definition) is 1. The molecule has 1 saturated heterocycles. The van der Waals surface area contributed by atoms with Crippen LogP contribution >= 0.6 is 0 Å². The van der Waals surface area contributed by atoms with Gasteiger partial charge in [0.1, 0.15) is 11.5 Å². The van der Waals surface area contributed by atoms with Crippen LogP contribution in [0.1, 0.15) is 28.8 Å². The van der Waals surface area contributed by atoms with Gasteiger partial charge in [-0.3, -0.25) is 9.59 Å². The molecule has 6 nitrogen and oxygen atoms in total. The summed E-state index contributed by atoms with van der Waals surface area (Å²) in [6.45, 7) is -1.70. The molecule has 3 aromatic rings. The lowest BCUT2D eigenvalue weighted by Gasteiger charge is -2.16. The number of anilines is 1. The molecule has 0 unspecified atom stereocenters. The number of nitrogens with one attached hydrogen (secondary N) is 1. The van der Waals surface area contributed by atoms with Gasteiger partial charge < -0.3 is 19.7 Å². The molecule has 0 saturated carbocycles.